The van der Waals surface area contributed by atoms with Crippen molar-refractivity contribution in [2.75, 3.05) is 11.9 Å². The van der Waals surface area contributed by atoms with Gasteiger partial charge in [-0.05, 0) is 37.5 Å². The summed E-state index contributed by atoms with van der Waals surface area (Å²) in [6.45, 7) is 0.544. The molecule has 1 aromatic carbocycles. The first-order valence-corrected chi connectivity index (χ1v) is 7.47. The molecule has 0 bridgehead atoms. The standard InChI is InChI=1S/C14H16Cl2N2O3/c15-9-4-5-11(16)12(7-9)17-14(21)18-6-2-1-3-10(18)8-13(19)20/h4-5,7,10H,1-3,6,8H2,(H,17,21)(H,19,20). The number of halogens is 2. The molecule has 1 saturated heterocycles. The van der Waals surface area contributed by atoms with E-state index in [-0.39, 0.29) is 18.5 Å². The summed E-state index contributed by atoms with van der Waals surface area (Å²) in [5.74, 6) is -0.902. The van der Waals surface area contributed by atoms with Crippen molar-refractivity contribution in [1.82, 2.24) is 4.90 Å². The number of carbonyl (C=O) groups excluding carboxylic acids is 1. The summed E-state index contributed by atoms with van der Waals surface area (Å²) in [7, 11) is 0. The molecule has 1 aromatic rings. The van der Waals surface area contributed by atoms with Gasteiger partial charge in [0.1, 0.15) is 0 Å². The van der Waals surface area contributed by atoms with E-state index >= 15 is 0 Å². The molecule has 2 N–H and O–H groups in total. The van der Waals surface area contributed by atoms with Gasteiger partial charge in [0.05, 0.1) is 17.1 Å². The lowest BCUT2D eigenvalue weighted by Crippen LogP contribution is -2.46. The van der Waals surface area contributed by atoms with E-state index in [0.29, 0.717) is 28.7 Å². The number of likely N-dealkylation sites (tertiary alicyclic amines) is 1. The third-order valence-corrected chi connectivity index (χ3v) is 4.03. The van der Waals surface area contributed by atoms with Crippen molar-refractivity contribution in [2.45, 2.75) is 31.7 Å². The number of hydrogen-bond acceptors (Lipinski definition) is 2. The minimum Gasteiger partial charge on any atom is -0.481 e. The average Bonchev–Trinajstić information content (AvgIpc) is 2.42. The fourth-order valence-electron chi connectivity index (χ4n) is 2.46. The highest BCUT2D eigenvalue weighted by molar-refractivity contribution is 6.35. The van der Waals surface area contributed by atoms with Crippen molar-refractivity contribution in [3.8, 4) is 0 Å². The van der Waals surface area contributed by atoms with Crippen molar-refractivity contribution in [1.29, 1.82) is 0 Å². The fraction of sp³-hybridized carbons (Fsp3) is 0.429. The largest absolute Gasteiger partial charge is 0.481 e. The molecule has 1 atom stereocenters. The zero-order valence-corrected chi connectivity index (χ0v) is 12.8. The molecule has 0 spiro atoms. The summed E-state index contributed by atoms with van der Waals surface area (Å²) >= 11 is 11.9. The van der Waals surface area contributed by atoms with Gasteiger partial charge in [-0.15, -0.1) is 0 Å². The Balaban J connectivity index is 2.10. The highest BCUT2D eigenvalue weighted by Crippen LogP contribution is 2.27. The van der Waals surface area contributed by atoms with Gasteiger partial charge >= 0.3 is 12.0 Å². The van der Waals surface area contributed by atoms with Crippen molar-refractivity contribution >= 4 is 40.9 Å². The number of benzene rings is 1. The van der Waals surface area contributed by atoms with Gasteiger partial charge in [-0.2, -0.15) is 0 Å². The number of nitrogens with zero attached hydrogens (tertiary/aromatic N) is 1. The monoisotopic (exact) mass is 330 g/mol. The molecule has 1 aliphatic heterocycles. The summed E-state index contributed by atoms with van der Waals surface area (Å²) in [4.78, 5) is 24.8. The highest BCUT2D eigenvalue weighted by atomic mass is 35.5. The van der Waals surface area contributed by atoms with E-state index < -0.39 is 5.97 Å². The van der Waals surface area contributed by atoms with Crippen LogP contribution < -0.4 is 5.32 Å². The summed E-state index contributed by atoms with van der Waals surface area (Å²) in [6, 6.07) is 4.18. The van der Waals surface area contributed by atoms with Gasteiger partial charge in [0.25, 0.3) is 0 Å². The van der Waals surface area contributed by atoms with Gasteiger partial charge in [-0.3, -0.25) is 4.79 Å². The van der Waals surface area contributed by atoms with Crippen LogP contribution in [0.2, 0.25) is 10.0 Å². The number of piperidine rings is 1. The molecule has 1 fully saturated rings. The molecule has 0 saturated carbocycles. The van der Waals surface area contributed by atoms with Crippen LogP contribution in [0.1, 0.15) is 25.7 Å². The van der Waals surface area contributed by atoms with Crippen molar-refractivity contribution in [3.63, 3.8) is 0 Å². The summed E-state index contributed by atoms with van der Waals surface area (Å²) in [5, 5.41) is 12.5. The first-order valence-electron chi connectivity index (χ1n) is 6.72. The first-order chi connectivity index (χ1) is 9.97. The second kappa shape index (κ2) is 7.00. The number of aliphatic carboxylic acids is 1. The average molecular weight is 331 g/mol. The molecule has 1 aliphatic rings. The molecule has 5 nitrogen and oxygen atoms in total. The smallest absolute Gasteiger partial charge is 0.322 e. The Hall–Kier alpha value is -1.46. The van der Waals surface area contributed by atoms with E-state index in [1.807, 2.05) is 0 Å². The molecule has 2 amide bonds. The van der Waals surface area contributed by atoms with Gasteiger partial charge in [0, 0.05) is 17.6 Å². The fourth-order valence-corrected chi connectivity index (χ4v) is 2.80. The molecule has 2 rings (SSSR count). The van der Waals surface area contributed by atoms with Gasteiger partial charge in [0.15, 0.2) is 0 Å². The molecule has 1 unspecified atom stereocenters. The van der Waals surface area contributed by atoms with E-state index in [1.54, 1.807) is 23.1 Å². The van der Waals surface area contributed by atoms with Crippen LogP contribution in [0.3, 0.4) is 0 Å². The number of amides is 2. The van der Waals surface area contributed by atoms with Crippen LogP contribution in [0.25, 0.3) is 0 Å². The number of nitrogens with one attached hydrogen (secondary N) is 1. The maximum absolute atomic E-state index is 12.3. The maximum atomic E-state index is 12.3. The molecular formula is C14H16Cl2N2O3. The predicted octanol–water partition coefficient (Wildman–Crippen LogP) is 3.85. The van der Waals surface area contributed by atoms with E-state index in [2.05, 4.69) is 5.32 Å². The quantitative estimate of drug-likeness (QED) is 0.884. The molecular weight excluding hydrogens is 315 g/mol. The second-order valence-corrected chi connectivity index (χ2v) is 5.84. The van der Waals surface area contributed by atoms with Crippen molar-refractivity contribution in [2.24, 2.45) is 0 Å². The minimum atomic E-state index is -0.902. The van der Waals surface area contributed by atoms with Gasteiger partial charge in [0.2, 0.25) is 0 Å². The Bertz CT molecular complexity index is 551. The van der Waals surface area contributed by atoms with E-state index in [1.165, 1.54) is 0 Å². The lowest BCUT2D eigenvalue weighted by Gasteiger charge is -2.35. The maximum Gasteiger partial charge on any atom is 0.322 e. The lowest BCUT2D eigenvalue weighted by molar-refractivity contribution is -0.138. The Morgan fingerprint density at radius 1 is 1.33 bits per heavy atom. The van der Waals surface area contributed by atoms with Crippen LogP contribution in [0.4, 0.5) is 10.5 Å². The van der Waals surface area contributed by atoms with Crippen LogP contribution in [0, 0.1) is 0 Å². The summed E-state index contributed by atoms with van der Waals surface area (Å²) < 4.78 is 0. The van der Waals surface area contributed by atoms with Crippen LogP contribution in [0.15, 0.2) is 18.2 Å². The topological polar surface area (TPSA) is 69.6 Å². The molecule has 0 aliphatic carbocycles. The zero-order chi connectivity index (χ0) is 15.4. The number of rotatable bonds is 3. The number of carboxylic acids is 1. The summed E-state index contributed by atoms with van der Waals surface area (Å²) in [6.07, 6.45) is 2.45. The molecule has 7 heteroatoms. The highest BCUT2D eigenvalue weighted by Gasteiger charge is 2.28. The van der Waals surface area contributed by atoms with E-state index in [9.17, 15) is 9.59 Å². The number of carboxylic acid groups (broad SMARTS) is 1. The number of hydrogen-bond donors (Lipinski definition) is 2. The normalized spacial score (nSPS) is 18.4. The molecule has 0 radical (unpaired) electrons. The number of urea groups is 1. The number of carbonyl (C=O) groups is 2. The third-order valence-electron chi connectivity index (χ3n) is 3.47. The second-order valence-electron chi connectivity index (χ2n) is 5.00. The van der Waals surface area contributed by atoms with Crippen molar-refractivity contribution < 1.29 is 14.7 Å². The Morgan fingerprint density at radius 2 is 2.10 bits per heavy atom. The van der Waals surface area contributed by atoms with E-state index in [0.717, 1.165) is 12.8 Å². The minimum absolute atomic E-state index is 0.0449. The third kappa shape index (κ3) is 4.25. The predicted molar refractivity (Wildman–Crippen MR) is 82.1 cm³/mol. The Morgan fingerprint density at radius 3 is 2.81 bits per heavy atom. The van der Waals surface area contributed by atoms with Crippen molar-refractivity contribution in [3.05, 3.63) is 28.2 Å². The van der Waals surface area contributed by atoms with Gasteiger partial charge in [-0.25, -0.2) is 4.79 Å². The lowest BCUT2D eigenvalue weighted by atomic mass is 10.00. The van der Waals surface area contributed by atoms with Crippen LogP contribution in [0.5, 0.6) is 0 Å². The molecule has 114 valence electrons. The summed E-state index contributed by atoms with van der Waals surface area (Å²) in [5.41, 5.74) is 0.425. The van der Waals surface area contributed by atoms with Gasteiger partial charge in [-0.1, -0.05) is 23.2 Å². The zero-order valence-electron chi connectivity index (χ0n) is 11.3. The van der Waals surface area contributed by atoms with Crippen LogP contribution >= 0.6 is 23.2 Å². The molecule has 0 aromatic heterocycles. The number of anilines is 1. The Labute approximate surface area is 132 Å². The molecule has 21 heavy (non-hydrogen) atoms. The molecule has 1 heterocycles. The first kappa shape index (κ1) is 15.9. The van der Waals surface area contributed by atoms with Gasteiger partial charge < -0.3 is 15.3 Å². The van der Waals surface area contributed by atoms with E-state index in [4.69, 9.17) is 28.3 Å². The van der Waals surface area contributed by atoms with Crippen LogP contribution in [-0.2, 0) is 4.79 Å². The Kier molecular flexibility index (Phi) is 5.31. The SMILES string of the molecule is O=C(O)CC1CCCCN1C(=O)Nc1cc(Cl)ccc1Cl. The van der Waals surface area contributed by atoms with Crippen LogP contribution in [-0.4, -0.2) is 34.6 Å².